The topological polar surface area (TPSA) is 100 Å². The third kappa shape index (κ3) is 3.45. The zero-order valence-electron chi connectivity index (χ0n) is 14.6. The molecule has 1 saturated heterocycles. The Hall–Kier alpha value is -2.39. The summed E-state index contributed by atoms with van der Waals surface area (Å²) in [5.74, 6) is 0.701. The molecule has 2 aromatic rings. The molecule has 1 N–H and O–H groups in total. The van der Waals surface area contributed by atoms with Gasteiger partial charge in [0.1, 0.15) is 5.75 Å². The third-order valence-electron chi connectivity index (χ3n) is 4.85. The van der Waals surface area contributed by atoms with Gasteiger partial charge in [0.25, 0.3) is 0 Å². The second kappa shape index (κ2) is 7.46. The molecular weight excluding hydrogens is 338 g/mol. The van der Waals surface area contributed by atoms with Gasteiger partial charge in [0.2, 0.25) is 5.10 Å². The number of rotatable bonds is 5. The van der Waals surface area contributed by atoms with Crippen molar-refractivity contribution < 1.29 is 19.0 Å². The van der Waals surface area contributed by atoms with Crippen LogP contribution in [0.3, 0.4) is 0 Å². The number of aryl methyl sites for hydroxylation is 1. The molecule has 140 valence electrons. The predicted octanol–water partition coefficient (Wildman–Crippen LogP) is -0.0392. The normalized spacial score (nSPS) is 17.7. The van der Waals surface area contributed by atoms with Gasteiger partial charge in [-0.2, -0.15) is 0 Å². The van der Waals surface area contributed by atoms with Gasteiger partial charge in [-0.15, -0.1) is 0 Å². The highest BCUT2D eigenvalue weighted by atomic mass is 16.5. The fraction of sp³-hybridized carbons (Fsp3) is 0.588. The van der Waals surface area contributed by atoms with Gasteiger partial charge in [-0.25, -0.2) is 4.73 Å². The van der Waals surface area contributed by atoms with Gasteiger partial charge >= 0.3 is 11.5 Å². The molecule has 1 aromatic heterocycles. The second-order valence-electron chi connectivity index (χ2n) is 6.63. The lowest BCUT2D eigenvalue weighted by Gasteiger charge is -2.26. The number of aromatic nitrogens is 3. The van der Waals surface area contributed by atoms with Crippen molar-refractivity contribution in [1.82, 2.24) is 10.00 Å². The van der Waals surface area contributed by atoms with Gasteiger partial charge < -0.3 is 19.9 Å². The summed E-state index contributed by atoms with van der Waals surface area (Å²) in [5.41, 5.74) is 1.49. The van der Waals surface area contributed by atoms with E-state index in [9.17, 15) is 10.4 Å². The van der Waals surface area contributed by atoms with E-state index in [1.165, 1.54) is 0 Å². The fourth-order valence-corrected chi connectivity index (χ4v) is 3.42. The Morgan fingerprint density at radius 3 is 2.85 bits per heavy atom. The number of ether oxygens (including phenoxy) is 2. The molecule has 0 aliphatic carbocycles. The van der Waals surface area contributed by atoms with Crippen molar-refractivity contribution in [3.8, 4) is 5.75 Å². The smallest absolute Gasteiger partial charge is 0.460 e. The van der Waals surface area contributed by atoms with Gasteiger partial charge in [0.05, 0.1) is 32.4 Å². The minimum absolute atomic E-state index is 0.0335. The minimum Gasteiger partial charge on any atom is -0.739 e. The summed E-state index contributed by atoms with van der Waals surface area (Å²) >= 11 is 0. The van der Waals surface area contributed by atoms with Crippen molar-refractivity contribution in [3.05, 3.63) is 28.1 Å². The number of hydrogen-bond acceptors (Lipinski definition) is 7. The Morgan fingerprint density at radius 2 is 2.00 bits per heavy atom. The Labute approximate surface area is 151 Å². The van der Waals surface area contributed by atoms with Gasteiger partial charge in [-0.1, -0.05) is 0 Å². The molecule has 9 heteroatoms. The van der Waals surface area contributed by atoms with E-state index < -0.39 is 0 Å². The summed E-state index contributed by atoms with van der Waals surface area (Å²) in [6.45, 7) is 5.53. The number of hydrogen-bond donors (Lipinski definition) is 1. The first-order chi connectivity index (χ1) is 12.7. The van der Waals surface area contributed by atoms with Gasteiger partial charge in [0.15, 0.2) is 5.52 Å². The number of anilines is 1. The van der Waals surface area contributed by atoms with Gasteiger partial charge in [-0.05, 0) is 30.9 Å². The molecule has 0 radical (unpaired) electrons. The Morgan fingerprint density at radius 1 is 1.15 bits per heavy atom. The van der Waals surface area contributed by atoms with Gasteiger partial charge in [-0.3, -0.25) is 10.2 Å². The lowest BCUT2D eigenvalue weighted by molar-refractivity contribution is -0.672. The first-order valence-electron chi connectivity index (χ1n) is 9.09. The average molecular weight is 361 g/mol. The van der Waals surface area contributed by atoms with Crippen molar-refractivity contribution in [3.63, 3.8) is 0 Å². The standard InChI is InChI=1S/C17H23N5O4/c23-21-14-11-13-3-1-8-26-16(13)12-15(14)22(24)19-17(21)18-4-2-5-20-6-9-25-10-7-20/h11-12H,1-10H2,(H,18,19). The number of nitrogens with one attached hydrogen (secondary N) is 1. The molecule has 0 spiro atoms. The largest absolute Gasteiger partial charge is 0.739 e. The van der Waals surface area contributed by atoms with E-state index in [0.29, 0.717) is 34.0 Å². The van der Waals surface area contributed by atoms with Crippen LogP contribution in [0, 0.1) is 10.4 Å². The van der Waals surface area contributed by atoms with Crippen LogP contribution in [0.5, 0.6) is 5.75 Å². The van der Waals surface area contributed by atoms with E-state index in [0.717, 1.165) is 57.7 Å². The Balaban J connectivity index is 1.47. The molecule has 9 nitrogen and oxygen atoms in total. The molecule has 3 heterocycles. The fourth-order valence-electron chi connectivity index (χ4n) is 3.42. The number of morpholine rings is 1. The first kappa shape index (κ1) is 17.0. The number of nitrogens with zero attached hydrogens (tertiary/aromatic N) is 4. The van der Waals surface area contributed by atoms with Crippen molar-refractivity contribution >= 4 is 17.0 Å². The van der Waals surface area contributed by atoms with E-state index >= 15 is 0 Å². The van der Waals surface area contributed by atoms with E-state index in [-0.39, 0.29) is 11.5 Å². The van der Waals surface area contributed by atoms with Crippen molar-refractivity contribution in [2.24, 2.45) is 0 Å². The molecule has 1 fully saturated rings. The van der Waals surface area contributed by atoms with Crippen LogP contribution in [0.15, 0.2) is 12.1 Å². The highest BCUT2D eigenvalue weighted by molar-refractivity contribution is 5.72. The Bertz CT molecular complexity index is 795. The Kier molecular flexibility index (Phi) is 4.89. The zero-order valence-corrected chi connectivity index (χ0v) is 14.6. The highest BCUT2D eigenvalue weighted by Gasteiger charge is 2.23. The summed E-state index contributed by atoms with van der Waals surface area (Å²) in [5, 5.41) is 31.7. The summed E-state index contributed by atoms with van der Waals surface area (Å²) in [4.78, 5) is 2.82. The van der Waals surface area contributed by atoms with Crippen LogP contribution < -0.4 is 19.6 Å². The second-order valence-corrected chi connectivity index (χ2v) is 6.63. The molecule has 0 saturated carbocycles. The molecule has 1 aromatic carbocycles. The molecule has 4 rings (SSSR count). The summed E-state index contributed by atoms with van der Waals surface area (Å²) < 4.78 is 11.6. The molecule has 2 aliphatic rings. The number of benzene rings is 1. The molecule has 0 amide bonds. The van der Waals surface area contributed by atoms with E-state index in [2.05, 4.69) is 15.3 Å². The summed E-state index contributed by atoms with van der Waals surface area (Å²) in [7, 11) is 0. The van der Waals surface area contributed by atoms with Crippen LogP contribution >= 0.6 is 0 Å². The molecule has 0 bridgehead atoms. The van der Waals surface area contributed by atoms with Crippen molar-refractivity contribution in [2.45, 2.75) is 19.3 Å². The zero-order chi connectivity index (χ0) is 17.9. The van der Waals surface area contributed by atoms with Gasteiger partial charge in [0, 0.05) is 24.5 Å². The quantitative estimate of drug-likeness (QED) is 0.453. The first-order valence-corrected chi connectivity index (χ1v) is 9.09. The third-order valence-corrected chi connectivity index (χ3v) is 4.85. The molecule has 2 aliphatic heterocycles. The predicted molar refractivity (Wildman–Crippen MR) is 93.8 cm³/mol. The van der Waals surface area contributed by atoms with Crippen LogP contribution in [0.1, 0.15) is 18.4 Å². The van der Waals surface area contributed by atoms with E-state index in [1.807, 2.05) is 0 Å². The SMILES string of the molecule is [O-][n+]1nc(NCCCN2CCOCC2)[n+]([O-])c2cc3c(cc21)OCCC3. The molecular formula is C17H23N5O4. The molecule has 26 heavy (non-hydrogen) atoms. The average Bonchev–Trinajstić information content (AvgIpc) is 2.68. The van der Waals surface area contributed by atoms with Crippen LogP contribution in [-0.4, -0.2) is 56.0 Å². The van der Waals surface area contributed by atoms with Crippen LogP contribution in [-0.2, 0) is 11.2 Å². The van der Waals surface area contributed by atoms with Crippen LogP contribution in [0.2, 0.25) is 0 Å². The molecule has 0 unspecified atom stereocenters. The minimum atomic E-state index is 0.0335. The lowest BCUT2D eigenvalue weighted by Crippen LogP contribution is -2.44. The summed E-state index contributed by atoms with van der Waals surface area (Å²) in [6, 6.07) is 3.35. The lowest BCUT2D eigenvalue weighted by atomic mass is 10.1. The summed E-state index contributed by atoms with van der Waals surface area (Å²) in [6.07, 6.45) is 2.61. The van der Waals surface area contributed by atoms with E-state index in [1.54, 1.807) is 12.1 Å². The van der Waals surface area contributed by atoms with Crippen molar-refractivity contribution in [1.29, 1.82) is 0 Å². The number of fused-ring (bicyclic) bond motifs is 2. The van der Waals surface area contributed by atoms with Crippen molar-refractivity contribution in [2.75, 3.05) is 51.3 Å². The highest BCUT2D eigenvalue weighted by Crippen LogP contribution is 2.27. The van der Waals surface area contributed by atoms with Crippen LogP contribution in [0.4, 0.5) is 5.95 Å². The maximum Gasteiger partial charge on any atom is 0.460 e. The molecule has 0 atom stereocenters. The monoisotopic (exact) mass is 361 g/mol. The maximum atomic E-state index is 12.6. The maximum absolute atomic E-state index is 12.6. The van der Waals surface area contributed by atoms with E-state index in [4.69, 9.17) is 9.47 Å². The van der Waals surface area contributed by atoms with Crippen LogP contribution in [0.25, 0.3) is 11.0 Å².